The van der Waals surface area contributed by atoms with Crippen LogP contribution in [0.1, 0.15) is 17.6 Å². The highest BCUT2D eigenvalue weighted by atomic mass is 32.2. The molecule has 1 heterocycles. The van der Waals surface area contributed by atoms with Gasteiger partial charge in [0.05, 0.1) is 15.6 Å². The zero-order valence-electron chi connectivity index (χ0n) is 12.3. The topological polar surface area (TPSA) is 88.2 Å². The molecule has 8 heteroatoms. The number of nitrogens with one attached hydrogen (secondary N) is 2. The average Bonchev–Trinajstić information content (AvgIpc) is 2.84. The molecule has 2 rings (SSSR count). The molecule has 0 unspecified atom stereocenters. The number of thiazole rings is 1. The fourth-order valence-electron chi connectivity index (χ4n) is 1.84. The minimum absolute atomic E-state index is 0.163. The van der Waals surface area contributed by atoms with Crippen molar-refractivity contribution in [1.29, 1.82) is 0 Å². The second-order valence-corrected chi connectivity index (χ2v) is 7.54. The number of aromatic nitrogens is 1. The standard InChI is InChI=1S/C14H17N3O3S2/c1-10(18)16-12-3-5-14(6-4-12)22(19,20)15-8-7-13-9-21-11(2)17-13/h3-6,9,15H,7-8H2,1-2H3,(H,16,18). The number of carbonyl (C=O) groups is 1. The van der Waals surface area contributed by atoms with Crippen LogP contribution in [0.2, 0.25) is 0 Å². The van der Waals surface area contributed by atoms with E-state index in [4.69, 9.17) is 0 Å². The van der Waals surface area contributed by atoms with E-state index in [0.29, 0.717) is 18.7 Å². The minimum Gasteiger partial charge on any atom is -0.326 e. The second kappa shape index (κ2) is 6.99. The Hall–Kier alpha value is -1.77. The quantitative estimate of drug-likeness (QED) is 0.842. The first-order chi connectivity index (χ1) is 10.4. The number of sulfonamides is 1. The zero-order valence-corrected chi connectivity index (χ0v) is 13.9. The molecular formula is C14H17N3O3S2. The van der Waals surface area contributed by atoms with Crippen LogP contribution < -0.4 is 10.0 Å². The third-order valence-corrected chi connectivity index (χ3v) is 5.12. The molecule has 2 N–H and O–H groups in total. The first-order valence-electron chi connectivity index (χ1n) is 6.65. The summed E-state index contributed by atoms with van der Waals surface area (Å²) in [5.41, 5.74) is 1.44. The van der Waals surface area contributed by atoms with Crippen LogP contribution in [0.5, 0.6) is 0 Å². The average molecular weight is 339 g/mol. The summed E-state index contributed by atoms with van der Waals surface area (Å²) in [6.07, 6.45) is 0.549. The minimum atomic E-state index is -3.56. The molecule has 118 valence electrons. The Kier molecular flexibility index (Phi) is 5.28. The third kappa shape index (κ3) is 4.62. The Morgan fingerprint density at radius 3 is 2.50 bits per heavy atom. The molecule has 0 saturated heterocycles. The van der Waals surface area contributed by atoms with E-state index in [1.807, 2.05) is 12.3 Å². The van der Waals surface area contributed by atoms with Crippen LogP contribution in [-0.4, -0.2) is 25.9 Å². The van der Waals surface area contributed by atoms with Crippen molar-refractivity contribution in [3.8, 4) is 0 Å². The molecule has 0 saturated carbocycles. The number of amides is 1. The number of aryl methyl sites for hydroxylation is 1. The molecule has 1 aromatic heterocycles. The molecule has 0 spiro atoms. The van der Waals surface area contributed by atoms with E-state index < -0.39 is 10.0 Å². The monoisotopic (exact) mass is 339 g/mol. The van der Waals surface area contributed by atoms with Crippen LogP contribution in [0.25, 0.3) is 0 Å². The van der Waals surface area contributed by atoms with Crippen molar-refractivity contribution in [2.24, 2.45) is 0 Å². The van der Waals surface area contributed by atoms with Crippen LogP contribution >= 0.6 is 11.3 Å². The first-order valence-corrected chi connectivity index (χ1v) is 9.01. The largest absolute Gasteiger partial charge is 0.326 e. The van der Waals surface area contributed by atoms with Crippen LogP contribution in [0.15, 0.2) is 34.5 Å². The number of hydrogen-bond donors (Lipinski definition) is 2. The molecule has 0 radical (unpaired) electrons. The Balaban J connectivity index is 1.96. The fourth-order valence-corrected chi connectivity index (χ4v) is 3.52. The van der Waals surface area contributed by atoms with Crippen molar-refractivity contribution in [2.45, 2.75) is 25.2 Å². The van der Waals surface area contributed by atoms with Crippen LogP contribution in [-0.2, 0) is 21.2 Å². The number of anilines is 1. The summed E-state index contributed by atoms with van der Waals surface area (Å²) in [6.45, 7) is 3.60. The van der Waals surface area contributed by atoms with Crippen molar-refractivity contribution >= 4 is 33.0 Å². The van der Waals surface area contributed by atoms with E-state index >= 15 is 0 Å². The van der Waals surface area contributed by atoms with Gasteiger partial charge in [0.2, 0.25) is 15.9 Å². The lowest BCUT2D eigenvalue weighted by Crippen LogP contribution is -2.26. The summed E-state index contributed by atoms with van der Waals surface area (Å²) in [4.78, 5) is 15.4. The Morgan fingerprint density at radius 1 is 1.27 bits per heavy atom. The highest BCUT2D eigenvalue weighted by Crippen LogP contribution is 2.14. The molecule has 2 aromatic rings. The van der Waals surface area contributed by atoms with Gasteiger partial charge in [-0.15, -0.1) is 11.3 Å². The van der Waals surface area contributed by atoms with Crippen LogP contribution in [0.3, 0.4) is 0 Å². The molecule has 22 heavy (non-hydrogen) atoms. The lowest BCUT2D eigenvalue weighted by Gasteiger charge is -2.07. The summed E-state index contributed by atoms with van der Waals surface area (Å²) in [6, 6.07) is 6.03. The third-order valence-electron chi connectivity index (χ3n) is 2.82. The predicted molar refractivity (Wildman–Crippen MR) is 86.5 cm³/mol. The summed E-state index contributed by atoms with van der Waals surface area (Å²) < 4.78 is 26.8. The molecule has 1 aromatic carbocycles. The summed E-state index contributed by atoms with van der Waals surface area (Å²) in [5.74, 6) is -0.202. The lowest BCUT2D eigenvalue weighted by atomic mass is 10.3. The van der Waals surface area contributed by atoms with Gasteiger partial charge in [-0.05, 0) is 31.2 Å². The van der Waals surface area contributed by atoms with Crippen molar-refractivity contribution in [1.82, 2.24) is 9.71 Å². The van der Waals surface area contributed by atoms with Crippen LogP contribution in [0.4, 0.5) is 5.69 Å². The van der Waals surface area contributed by atoms with E-state index in [1.165, 1.54) is 19.1 Å². The molecule has 6 nitrogen and oxygen atoms in total. The van der Waals surface area contributed by atoms with Crippen LogP contribution in [0, 0.1) is 6.92 Å². The molecular weight excluding hydrogens is 322 g/mol. The second-order valence-electron chi connectivity index (χ2n) is 4.71. The first kappa shape index (κ1) is 16.6. The van der Waals surface area contributed by atoms with Crippen molar-refractivity contribution < 1.29 is 13.2 Å². The smallest absolute Gasteiger partial charge is 0.240 e. The fraction of sp³-hybridized carbons (Fsp3) is 0.286. The number of hydrogen-bond acceptors (Lipinski definition) is 5. The SMILES string of the molecule is CC(=O)Nc1ccc(S(=O)(=O)NCCc2csc(C)n2)cc1. The van der Waals surface area contributed by atoms with Gasteiger partial charge in [0.1, 0.15) is 0 Å². The van der Waals surface area contributed by atoms with Gasteiger partial charge in [-0.25, -0.2) is 18.1 Å². The van der Waals surface area contributed by atoms with Gasteiger partial charge in [-0.1, -0.05) is 0 Å². The van der Waals surface area contributed by atoms with Gasteiger partial charge < -0.3 is 5.32 Å². The molecule has 1 amide bonds. The van der Waals surface area contributed by atoms with Crippen molar-refractivity contribution in [2.75, 3.05) is 11.9 Å². The van der Waals surface area contributed by atoms with Gasteiger partial charge in [-0.2, -0.15) is 0 Å². The Labute approximate surface area is 133 Å². The molecule has 0 atom stereocenters. The Morgan fingerprint density at radius 2 is 1.95 bits per heavy atom. The maximum Gasteiger partial charge on any atom is 0.240 e. The number of rotatable bonds is 6. The van der Waals surface area contributed by atoms with Crippen molar-refractivity contribution in [3.63, 3.8) is 0 Å². The van der Waals surface area contributed by atoms with E-state index in [-0.39, 0.29) is 10.8 Å². The number of benzene rings is 1. The van der Waals surface area contributed by atoms with E-state index in [9.17, 15) is 13.2 Å². The van der Waals surface area contributed by atoms with E-state index in [0.717, 1.165) is 10.7 Å². The summed E-state index contributed by atoms with van der Waals surface area (Å²) >= 11 is 1.54. The van der Waals surface area contributed by atoms with Gasteiger partial charge in [0.25, 0.3) is 0 Å². The maximum absolute atomic E-state index is 12.1. The number of nitrogens with zero attached hydrogens (tertiary/aromatic N) is 1. The molecule has 0 aliphatic rings. The lowest BCUT2D eigenvalue weighted by molar-refractivity contribution is -0.114. The normalized spacial score (nSPS) is 11.4. The molecule has 0 aliphatic carbocycles. The van der Waals surface area contributed by atoms with Gasteiger partial charge in [0.15, 0.2) is 0 Å². The van der Waals surface area contributed by atoms with Gasteiger partial charge >= 0.3 is 0 Å². The van der Waals surface area contributed by atoms with Crippen molar-refractivity contribution in [3.05, 3.63) is 40.3 Å². The summed E-state index contributed by atoms with van der Waals surface area (Å²) in [5, 5.41) is 5.48. The molecule has 0 fully saturated rings. The van der Waals surface area contributed by atoms with Gasteiger partial charge in [-0.3, -0.25) is 4.79 Å². The highest BCUT2D eigenvalue weighted by molar-refractivity contribution is 7.89. The predicted octanol–water partition coefficient (Wildman–Crippen LogP) is 1.93. The highest BCUT2D eigenvalue weighted by Gasteiger charge is 2.13. The Bertz CT molecular complexity index is 752. The zero-order chi connectivity index (χ0) is 16.2. The summed E-state index contributed by atoms with van der Waals surface area (Å²) in [7, 11) is -3.56. The van der Waals surface area contributed by atoms with Gasteiger partial charge in [0, 0.05) is 31.0 Å². The maximum atomic E-state index is 12.1. The van der Waals surface area contributed by atoms with E-state index in [2.05, 4.69) is 15.0 Å². The molecule has 0 aliphatic heterocycles. The number of carbonyl (C=O) groups excluding carboxylic acids is 1. The molecule has 0 bridgehead atoms. The van der Waals surface area contributed by atoms with E-state index in [1.54, 1.807) is 23.5 Å².